The molecule has 2 rings (SSSR count). The maximum Gasteiger partial charge on any atom is 0.0629 e. The first-order valence-electron chi connectivity index (χ1n) is 6.13. The molecule has 0 aliphatic rings. The predicted octanol–water partition coefficient (Wildman–Crippen LogP) is 3.88. The fourth-order valence-electron chi connectivity index (χ4n) is 2.24. The summed E-state index contributed by atoms with van der Waals surface area (Å²) in [6, 6.07) is 6.88. The highest BCUT2D eigenvalue weighted by atomic mass is 79.9. The van der Waals surface area contributed by atoms with E-state index in [4.69, 9.17) is 5.73 Å². The van der Waals surface area contributed by atoms with Gasteiger partial charge in [-0.1, -0.05) is 12.1 Å². The Kier molecular flexibility index (Phi) is 3.89. The SMILES string of the molecule is CC(C)n1cc(CCCN)c2cccc(Br)c21. The molecule has 0 bridgehead atoms. The molecule has 0 amide bonds. The molecule has 0 atom stereocenters. The fraction of sp³-hybridized carbons (Fsp3) is 0.429. The lowest BCUT2D eigenvalue weighted by atomic mass is 10.1. The average molecular weight is 295 g/mol. The van der Waals surface area contributed by atoms with E-state index in [1.54, 1.807) is 0 Å². The van der Waals surface area contributed by atoms with Crippen molar-refractivity contribution < 1.29 is 0 Å². The van der Waals surface area contributed by atoms with Crippen molar-refractivity contribution in [1.82, 2.24) is 4.57 Å². The van der Waals surface area contributed by atoms with Crippen LogP contribution in [0.25, 0.3) is 10.9 Å². The normalized spacial score (nSPS) is 11.6. The van der Waals surface area contributed by atoms with Crippen molar-refractivity contribution in [3.8, 4) is 0 Å². The maximum absolute atomic E-state index is 5.60. The van der Waals surface area contributed by atoms with Crippen LogP contribution in [0, 0.1) is 0 Å². The summed E-state index contributed by atoms with van der Waals surface area (Å²) in [4.78, 5) is 0. The van der Waals surface area contributed by atoms with E-state index in [9.17, 15) is 0 Å². The first-order chi connectivity index (χ1) is 8.15. The van der Waals surface area contributed by atoms with Crippen LogP contribution in [0.4, 0.5) is 0 Å². The molecule has 2 nitrogen and oxygen atoms in total. The summed E-state index contributed by atoms with van der Waals surface area (Å²) in [6.45, 7) is 5.18. The number of fused-ring (bicyclic) bond motifs is 1. The van der Waals surface area contributed by atoms with E-state index in [0.29, 0.717) is 6.04 Å². The van der Waals surface area contributed by atoms with Gasteiger partial charge in [0.15, 0.2) is 0 Å². The Hall–Kier alpha value is -0.800. The molecular weight excluding hydrogens is 276 g/mol. The van der Waals surface area contributed by atoms with Gasteiger partial charge in [0.25, 0.3) is 0 Å². The van der Waals surface area contributed by atoms with E-state index in [0.717, 1.165) is 19.4 Å². The minimum Gasteiger partial charge on any atom is -0.344 e. The number of nitrogens with zero attached hydrogens (tertiary/aromatic N) is 1. The largest absolute Gasteiger partial charge is 0.344 e. The lowest BCUT2D eigenvalue weighted by Crippen LogP contribution is -2.00. The van der Waals surface area contributed by atoms with E-state index >= 15 is 0 Å². The molecule has 2 aromatic rings. The molecule has 0 saturated carbocycles. The highest BCUT2D eigenvalue weighted by Crippen LogP contribution is 2.31. The van der Waals surface area contributed by atoms with Gasteiger partial charge in [0.1, 0.15) is 0 Å². The molecule has 0 saturated heterocycles. The summed E-state index contributed by atoms with van der Waals surface area (Å²) >= 11 is 3.65. The first-order valence-corrected chi connectivity index (χ1v) is 6.92. The van der Waals surface area contributed by atoms with Crippen molar-refractivity contribution >= 4 is 26.8 Å². The molecule has 1 heterocycles. The molecule has 1 aromatic carbocycles. The van der Waals surface area contributed by atoms with Crippen molar-refractivity contribution in [2.75, 3.05) is 6.54 Å². The molecule has 2 N–H and O–H groups in total. The Bertz CT molecular complexity index is 514. The maximum atomic E-state index is 5.60. The molecule has 0 spiro atoms. The highest BCUT2D eigenvalue weighted by Gasteiger charge is 2.12. The third kappa shape index (κ3) is 2.40. The minimum atomic E-state index is 0.475. The van der Waals surface area contributed by atoms with Crippen molar-refractivity contribution in [1.29, 1.82) is 0 Å². The summed E-state index contributed by atoms with van der Waals surface area (Å²) in [5, 5.41) is 1.35. The number of para-hydroxylation sites is 1. The summed E-state index contributed by atoms with van der Waals surface area (Å²) in [5.74, 6) is 0. The molecule has 17 heavy (non-hydrogen) atoms. The van der Waals surface area contributed by atoms with Gasteiger partial charge in [0, 0.05) is 22.1 Å². The quantitative estimate of drug-likeness (QED) is 0.912. The number of aryl methyl sites for hydroxylation is 1. The summed E-state index contributed by atoms with van der Waals surface area (Å²) < 4.78 is 3.51. The van der Waals surface area contributed by atoms with E-state index in [-0.39, 0.29) is 0 Å². The number of halogens is 1. The Balaban J connectivity index is 2.58. The van der Waals surface area contributed by atoms with Crippen molar-refractivity contribution in [2.45, 2.75) is 32.7 Å². The summed E-state index contributed by atoms with van der Waals surface area (Å²) in [7, 11) is 0. The van der Waals surface area contributed by atoms with Crippen LogP contribution in [0.2, 0.25) is 0 Å². The van der Waals surface area contributed by atoms with Crippen molar-refractivity contribution in [3.63, 3.8) is 0 Å². The minimum absolute atomic E-state index is 0.475. The van der Waals surface area contributed by atoms with Crippen LogP contribution in [0.15, 0.2) is 28.9 Å². The Morgan fingerprint density at radius 1 is 1.35 bits per heavy atom. The number of hydrogen-bond acceptors (Lipinski definition) is 1. The number of aromatic nitrogens is 1. The zero-order chi connectivity index (χ0) is 12.4. The molecule has 0 aliphatic carbocycles. The topological polar surface area (TPSA) is 30.9 Å². The first kappa shape index (κ1) is 12.7. The van der Waals surface area contributed by atoms with E-state index in [1.807, 2.05) is 0 Å². The van der Waals surface area contributed by atoms with Gasteiger partial charge in [-0.2, -0.15) is 0 Å². The third-order valence-electron chi connectivity index (χ3n) is 3.09. The van der Waals surface area contributed by atoms with Crippen molar-refractivity contribution in [3.05, 3.63) is 34.4 Å². The fourth-order valence-corrected chi connectivity index (χ4v) is 2.81. The zero-order valence-electron chi connectivity index (χ0n) is 10.4. The van der Waals surface area contributed by atoms with Gasteiger partial charge < -0.3 is 10.3 Å². The van der Waals surface area contributed by atoms with E-state index < -0.39 is 0 Å². The summed E-state index contributed by atoms with van der Waals surface area (Å²) in [6.07, 6.45) is 4.38. The zero-order valence-corrected chi connectivity index (χ0v) is 12.0. The lowest BCUT2D eigenvalue weighted by molar-refractivity contribution is 0.619. The van der Waals surface area contributed by atoms with Crippen LogP contribution in [-0.2, 0) is 6.42 Å². The van der Waals surface area contributed by atoms with Crippen molar-refractivity contribution in [2.24, 2.45) is 5.73 Å². The molecule has 92 valence electrons. The van der Waals surface area contributed by atoms with Gasteiger partial charge in [0.05, 0.1) is 5.52 Å². The molecule has 0 aliphatic heterocycles. The number of rotatable bonds is 4. The van der Waals surface area contributed by atoms with Crippen LogP contribution in [0.3, 0.4) is 0 Å². The third-order valence-corrected chi connectivity index (χ3v) is 3.73. The molecule has 0 radical (unpaired) electrons. The van der Waals surface area contributed by atoms with Crippen LogP contribution < -0.4 is 5.73 Å². The standard InChI is InChI=1S/C14H19BrN2/c1-10(2)17-9-11(5-4-8-16)12-6-3-7-13(15)14(12)17/h3,6-7,9-10H,4-5,8,16H2,1-2H3. The Morgan fingerprint density at radius 3 is 2.76 bits per heavy atom. The monoisotopic (exact) mass is 294 g/mol. The van der Waals surface area contributed by atoms with Gasteiger partial charge in [-0.15, -0.1) is 0 Å². The summed E-state index contributed by atoms with van der Waals surface area (Å²) in [5.41, 5.74) is 8.30. The van der Waals surface area contributed by atoms with Gasteiger partial charge in [-0.3, -0.25) is 0 Å². The highest BCUT2D eigenvalue weighted by molar-refractivity contribution is 9.10. The number of hydrogen-bond donors (Lipinski definition) is 1. The lowest BCUT2D eigenvalue weighted by Gasteiger charge is -2.10. The number of nitrogens with two attached hydrogens (primary N) is 1. The van der Waals surface area contributed by atoms with Crippen LogP contribution >= 0.6 is 15.9 Å². The molecule has 1 aromatic heterocycles. The second kappa shape index (κ2) is 5.23. The van der Waals surface area contributed by atoms with Gasteiger partial charge in [-0.25, -0.2) is 0 Å². The molecule has 3 heteroatoms. The second-order valence-electron chi connectivity index (χ2n) is 4.68. The van der Waals surface area contributed by atoms with E-state index in [2.05, 4.69) is 58.7 Å². The average Bonchev–Trinajstić information content (AvgIpc) is 2.67. The Labute approximate surface area is 111 Å². The van der Waals surface area contributed by atoms with E-state index in [1.165, 1.54) is 20.9 Å². The van der Waals surface area contributed by atoms with Crippen LogP contribution in [-0.4, -0.2) is 11.1 Å². The van der Waals surface area contributed by atoms with Crippen LogP contribution in [0.1, 0.15) is 31.9 Å². The predicted molar refractivity (Wildman–Crippen MR) is 77.4 cm³/mol. The van der Waals surface area contributed by atoms with Crippen LogP contribution in [0.5, 0.6) is 0 Å². The van der Waals surface area contributed by atoms with Gasteiger partial charge in [-0.05, 0) is 60.8 Å². The molecular formula is C14H19BrN2. The molecule has 0 fully saturated rings. The molecule has 0 unspecified atom stereocenters. The van der Waals surface area contributed by atoms with Gasteiger partial charge in [0.2, 0.25) is 0 Å². The van der Waals surface area contributed by atoms with Gasteiger partial charge >= 0.3 is 0 Å². The Morgan fingerprint density at radius 2 is 2.12 bits per heavy atom. The smallest absolute Gasteiger partial charge is 0.0629 e. The second-order valence-corrected chi connectivity index (χ2v) is 5.54. The number of benzene rings is 1.